The summed E-state index contributed by atoms with van der Waals surface area (Å²) in [5, 5.41) is 3.09. The molecule has 3 rings (SSSR count). The summed E-state index contributed by atoms with van der Waals surface area (Å²) in [5.41, 5.74) is 6.91. The summed E-state index contributed by atoms with van der Waals surface area (Å²) in [7, 11) is 0. The Morgan fingerprint density at radius 3 is 2.24 bits per heavy atom. The largest absolute Gasteiger partial charge is 0.354 e. The summed E-state index contributed by atoms with van der Waals surface area (Å²) in [6.07, 6.45) is 2.41. The summed E-state index contributed by atoms with van der Waals surface area (Å²) < 4.78 is 0. The molecular formula is C32H40N2O2S. The number of hydrogen-bond donors (Lipinski definition) is 1. The summed E-state index contributed by atoms with van der Waals surface area (Å²) in [6.45, 7) is 9.39. The smallest absolute Gasteiger partial charge is 0.243 e. The molecule has 0 aromatic heterocycles. The van der Waals surface area contributed by atoms with Crippen molar-refractivity contribution in [1.82, 2.24) is 10.2 Å². The zero-order chi connectivity index (χ0) is 26.6. The third kappa shape index (κ3) is 9.08. The van der Waals surface area contributed by atoms with Gasteiger partial charge in [0, 0.05) is 25.3 Å². The maximum Gasteiger partial charge on any atom is 0.243 e. The number of unbranched alkanes of at least 4 members (excludes halogenated alkanes) is 1. The molecule has 3 aromatic carbocycles. The van der Waals surface area contributed by atoms with Crippen molar-refractivity contribution in [3.05, 3.63) is 106 Å². The molecule has 0 aliphatic heterocycles. The van der Waals surface area contributed by atoms with E-state index in [-0.39, 0.29) is 11.8 Å². The van der Waals surface area contributed by atoms with Gasteiger partial charge in [-0.1, -0.05) is 97.3 Å². The fraction of sp³-hybridized carbons (Fsp3) is 0.375. The monoisotopic (exact) mass is 516 g/mol. The average Bonchev–Trinajstić information content (AvgIpc) is 2.87. The minimum absolute atomic E-state index is 0.01000. The Morgan fingerprint density at radius 1 is 0.892 bits per heavy atom. The zero-order valence-electron chi connectivity index (χ0n) is 22.6. The van der Waals surface area contributed by atoms with E-state index in [0.29, 0.717) is 25.3 Å². The van der Waals surface area contributed by atoms with E-state index in [1.54, 1.807) is 16.7 Å². The normalized spacial score (nSPS) is 11.7. The molecule has 0 radical (unpaired) electrons. The number of hydrogen-bond acceptors (Lipinski definition) is 3. The Hall–Kier alpha value is -3.05. The molecule has 0 saturated carbocycles. The van der Waals surface area contributed by atoms with Crippen LogP contribution in [0.4, 0.5) is 0 Å². The minimum Gasteiger partial charge on any atom is -0.354 e. The van der Waals surface area contributed by atoms with Crippen molar-refractivity contribution < 1.29 is 9.59 Å². The van der Waals surface area contributed by atoms with Crippen molar-refractivity contribution in [1.29, 1.82) is 0 Å². The maximum atomic E-state index is 13.8. The van der Waals surface area contributed by atoms with Gasteiger partial charge in [0.15, 0.2) is 0 Å². The minimum atomic E-state index is -0.576. The van der Waals surface area contributed by atoms with Gasteiger partial charge in [-0.25, -0.2) is 0 Å². The van der Waals surface area contributed by atoms with Gasteiger partial charge >= 0.3 is 0 Å². The highest BCUT2D eigenvalue weighted by atomic mass is 32.2. The topological polar surface area (TPSA) is 49.4 Å². The van der Waals surface area contributed by atoms with E-state index in [1.165, 1.54) is 16.7 Å². The molecule has 5 heteroatoms. The van der Waals surface area contributed by atoms with E-state index < -0.39 is 6.04 Å². The Morgan fingerprint density at radius 2 is 1.57 bits per heavy atom. The summed E-state index contributed by atoms with van der Waals surface area (Å²) >= 11 is 1.61. The number of carbonyl (C=O) groups is 2. The molecule has 0 saturated heterocycles. The third-order valence-electron chi connectivity index (χ3n) is 6.48. The zero-order valence-corrected chi connectivity index (χ0v) is 23.4. The lowest BCUT2D eigenvalue weighted by atomic mass is 10.0. The number of thioether (sulfide) groups is 1. The Bertz CT molecular complexity index is 1140. The van der Waals surface area contributed by atoms with Crippen LogP contribution in [0.1, 0.15) is 53.1 Å². The molecule has 0 aliphatic rings. The molecule has 4 nitrogen and oxygen atoms in total. The van der Waals surface area contributed by atoms with E-state index in [4.69, 9.17) is 0 Å². The van der Waals surface area contributed by atoms with Gasteiger partial charge < -0.3 is 10.2 Å². The Balaban J connectivity index is 1.84. The van der Waals surface area contributed by atoms with Gasteiger partial charge in [0.25, 0.3) is 0 Å². The first-order valence-corrected chi connectivity index (χ1v) is 14.3. The number of rotatable bonds is 13. The molecule has 1 N–H and O–H groups in total. The molecule has 0 fully saturated rings. The first-order chi connectivity index (χ1) is 17.9. The van der Waals surface area contributed by atoms with Gasteiger partial charge in [0.1, 0.15) is 6.04 Å². The van der Waals surface area contributed by atoms with Gasteiger partial charge in [-0.05, 0) is 49.4 Å². The molecule has 2 amide bonds. The lowest BCUT2D eigenvalue weighted by molar-refractivity contribution is -0.139. The van der Waals surface area contributed by atoms with Crippen molar-refractivity contribution in [3.63, 3.8) is 0 Å². The van der Waals surface area contributed by atoms with Crippen molar-refractivity contribution in [2.75, 3.05) is 12.3 Å². The Labute approximate surface area is 226 Å². The molecule has 0 spiro atoms. The summed E-state index contributed by atoms with van der Waals surface area (Å²) in [6, 6.07) is 24.0. The number of benzene rings is 3. The number of nitrogens with one attached hydrogen (secondary N) is 1. The van der Waals surface area contributed by atoms with E-state index in [9.17, 15) is 9.59 Å². The van der Waals surface area contributed by atoms with Gasteiger partial charge in [-0.3, -0.25) is 9.59 Å². The van der Waals surface area contributed by atoms with E-state index in [0.717, 1.165) is 35.3 Å². The maximum absolute atomic E-state index is 13.8. The summed E-state index contributed by atoms with van der Waals surface area (Å²) in [4.78, 5) is 29.1. The molecule has 37 heavy (non-hydrogen) atoms. The van der Waals surface area contributed by atoms with Crippen LogP contribution in [0.5, 0.6) is 0 Å². The second-order valence-corrected chi connectivity index (χ2v) is 10.8. The second kappa shape index (κ2) is 14.6. The predicted octanol–water partition coefficient (Wildman–Crippen LogP) is 6.40. The molecule has 0 bridgehead atoms. The number of carbonyl (C=O) groups excluding carboxylic acids is 2. The van der Waals surface area contributed by atoms with E-state index in [1.807, 2.05) is 48.5 Å². The SMILES string of the molecule is CCCCNC(=O)[C@H](Cc1ccccc1)N(Cc1ccccc1C)C(=O)CSCc1cc(C)cc(C)c1. The first kappa shape index (κ1) is 28.5. The third-order valence-corrected chi connectivity index (χ3v) is 7.47. The Kier molecular flexibility index (Phi) is 11.3. The van der Waals surface area contributed by atoms with Gasteiger partial charge in [-0.15, -0.1) is 11.8 Å². The molecule has 196 valence electrons. The molecular weight excluding hydrogens is 476 g/mol. The highest BCUT2D eigenvalue weighted by Crippen LogP contribution is 2.21. The van der Waals surface area contributed by atoms with Crippen LogP contribution in [-0.2, 0) is 28.3 Å². The number of aryl methyl sites for hydroxylation is 3. The highest BCUT2D eigenvalue weighted by Gasteiger charge is 2.30. The predicted molar refractivity (Wildman–Crippen MR) is 156 cm³/mol. The molecule has 0 aliphatic carbocycles. The fourth-order valence-corrected chi connectivity index (χ4v) is 5.37. The molecule has 0 heterocycles. The van der Waals surface area contributed by atoms with Gasteiger partial charge in [0.2, 0.25) is 11.8 Å². The van der Waals surface area contributed by atoms with Crippen LogP contribution in [0.25, 0.3) is 0 Å². The van der Waals surface area contributed by atoms with Crippen LogP contribution < -0.4 is 5.32 Å². The lowest BCUT2D eigenvalue weighted by Gasteiger charge is -2.32. The van der Waals surface area contributed by atoms with Crippen LogP contribution in [-0.4, -0.2) is 35.1 Å². The van der Waals surface area contributed by atoms with E-state index in [2.05, 4.69) is 57.3 Å². The van der Waals surface area contributed by atoms with Crippen molar-refractivity contribution in [2.45, 2.75) is 65.3 Å². The van der Waals surface area contributed by atoms with Crippen LogP contribution in [0.2, 0.25) is 0 Å². The first-order valence-electron chi connectivity index (χ1n) is 13.2. The highest BCUT2D eigenvalue weighted by molar-refractivity contribution is 7.99. The lowest BCUT2D eigenvalue weighted by Crippen LogP contribution is -2.51. The van der Waals surface area contributed by atoms with Crippen molar-refractivity contribution in [3.8, 4) is 0 Å². The molecule has 1 atom stereocenters. The standard InChI is InChI=1S/C32H40N2O2S/c1-5-6-16-33-32(36)30(20-27-13-8-7-9-14-27)34(21-29-15-11-10-12-26(29)4)31(35)23-37-22-28-18-24(2)17-25(3)19-28/h7-15,17-19,30H,5-6,16,20-23H2,1-4H3,(H,33,36)/t30-/m0/s1. The summed E-state index contributed by atoms with van der Waals surface area (Å²) in [5.74, 6) is 0.994. The van der Waals surface area contributed by atoms with Gasteiger partial charge in [0.05, 0.1) is 5.75 Å². The van der Waals surface area contributed by atoms with Crippen molar-refractivity contribution >= 4 is 23.6 Å². The molecule has 0 unspecified atom stereocenters. The quantitative estimate of drug-likeness (QED) is 0.267. The molecule has 3 aromatic rings. The number of nitrogens with zero attached hydrogens (tertiary/aromatic N) is 1. The van der Waals surface area contributed by atoms with Crippen LogP contribution in [0.3, 0.4) is 0 Å². The van der Waals surface area contributed by atoms with Gasteiger partial charge in [-0.2, -0.15) is 0 Å². The number of amides is 2. The van der Waals surface area contributed by atoms with E-state index >= 15 is 0 Å². The second-order valence-electron chi connectivity index (χ2n) is 9.79. The van der Waals surface area contributed by atoms with Crippen LogP contribution >= 0.6 is 11.8 Å². The fourth-order valence-electron chi connectivity index (χ4n) is 4.52. The van der Waals surface area contributed by atoms with Crippen molar-refractivity contribution in [2.24, 2.45) is 0 Å². The van der Waals surface area contributed by atoms with Crippen LogP contribution in [0, 0.1) is 20.8 Å². The van der Waals surface area contributed by atoms with Crippen LogP contribution in [0.15, 0.2) is 72.8 Å². The average molecular weight is 517 g/mol.